The number of carboxylic acid groups (broad SMARTS) is 1. The molecule has 0 atom stereocenters. The van der Waals surface area contributed by atoms with Gasteiger partial charge in [-0.15, -0.1) is 0 Å². The molecular formula is C15H17NO6. The molecule has 2 amide bonds. The van der Waals surface area contributed by atoms with Crippen molar-refractivity contribution in [2.75, 3.05) is 0 Å². The number of carbonyl (C=O) groups excluding carboxylic acids is 3. The molecule has 0 bridgehead atoms. The van der Waals surface area contributed by atoms with Gasteiger partial charge in [-0.2, -0.15) is 5.06 Å². The largest absolute Gasteiger partial charge is 0.481 e. The van der Waals surface area contributed by atoms with E-state index in [-0.39, 0.29) is 30.1 Å². The third-order valence-electron chi connectivity index (χ3n) is 2.92. The van der Waals surface area contributed by atoms with E-state index < -0.39 is 17.8 Å². The summed E-state index contributed by atoms with van der Waals surface area (Å²) >= 11 is 0. The third kappa shape index (κ3) is 5.84. The first-order valence-electron chi connectivity index (χ1n) is 6.76. The molecule has 0 unspecified atom stereocenters. The number of ketones is 1. The quantitative estimate of drug-likeness (QED) is 0.486. The molecule has 1 heterocycles. The van der Waals surface area contributed by atoms with Gasteiger partial charge in [0, 0.05) is 31.2 Å². The lowest BCUT2D eigenvalue weighted by molar-refractivity contribution is -0.171. The number of amides is 2. The summed E-state index contributed by atoms with van der Waals surface area (Å²) in [5.41, 5.74) is 0.651. The molecule has 2 rings (SSSR count). The number of benzene rings is 1. The summed E-state index contributed by atoms with van der Waals surface area (Å²) in [6, 6.07) is 8.91. The first-order valence-corrected chi connectivity index (χ1v) is 6.76. The van der Waals surface area contributed by atoms with E-state index in [2.05, 4.69) is 0 Å². The van der Waals surface area contributed by atoms with Crippen molar-refractivity contribution in [2.45, 2.75) is 32.1 Å². The van der Waals surface area contributed by atoms with Crippen LogP contribution in [0.4, 0.5) is 0 Å². The number of hydroxylamine groups is 2. The van der Waals surface area contributed by atoms with Gasteiger partial charge in [0.15, 0.2) is 5.78 Å². The molecule has 0 spiro atoms. The lowest BCUT2D eigenvalue weighted by atomic mass is 10.1. The average molecular weight is 307 g/mol. The molecule has 7 heteroatoms. The Kier molecular flexibility index (Phi) is 6.91. The fourth-order valence-corrected chi connectivity index (χ4v) is 1.73. The van der Waals surface area contributed by atoms with E-state index in [1.165, 1.54) is 0 Å². The maximum atomic E-state index is 11.4. The van der Waals surface area contributed by atoms with Gasteiger partial charge in [0.25, 0.3) is 11.8 Å². The Labute approximate surface area is 127 Å². The third-order valence-corrected chi connectivity index (χ3v) is 2.92. The van der Waals surface area contributed by atoms with Gasteiger partial charge < -0.3 is 5.11 Å². The van der Waals surface area contributed by atoms with Crippen molar-refractivity contribution in [1.29, 1.82) is 0 Å². The van der Waals surface area contributed by atoms with Crippen LogP contribution >= 0.6 is 0 Å². The standard InChI is InChI=1S/C11H12O3.C4H5NO3/c12-10(7-4-8-11(13)14)9-5-2-1-3-6-9;6-3-1-2-4(7)5(3)8/h1-3,5-6H,4,7-8H2,(H,13,14);8H,1-2H2. The van der Waals surface area contributed by atoms with Gasteiger partial charge in [-0.1, -0.05) is 30.3 Å². The van der Waals surface area contributed by atoms with Gasteiger partial charge in [-0.3, -0.25) is 24.4 Å². The number of hydrogen-bond acceptors (Lipinski definition) is 5. The smallest absolute Gasteiger partial charge is 0.303 e. The maximum Gasteiger partial charge on any atom is 0.303 e. The molecule has 0 radical (unpaired) electrons. The zero-order chi connectivity index (χ0) is 16.5. The number of imide groups is 1. The van der Waals surface area contributed by atoms with Gasteiger partial charge in [-0.05, 0) is 6.42 Å². The van der Waals surface area contributed by atoms with E-state index in [1.807, 2.05) is 6.07 Å². The Balaban J connectivity index is 0.000000255. The highest BCUT2D eigenvalue weighted by atomic mass is 16.5. The number of aliphatic carboxylic acids is 1. The molecule has 1 aliphatic rings. The SMILES string of the molecule is O=C(O)CCCC(=O)c1ccccc1.O=C1CCC(=O)N1O. The van der Waals surface area contributed by atoms with Crippen LogP contribution in [0.1, 0.15) is 42.5 Å². The lowest BCUT2D eigenvalue weighted by Gasteiger charge is -1.98. The second-order valence-corrected chi connectivity index (χ2v) is 4.64. The fraction of sp³-hybridized carbons (Fsp3) is 0.333. The molecule has 2 N–H and O–H groups in total. The van der Waals surface area contributed by atoms with Crippen LogP contribution in [0.15, 0.2) is 30.3 Å². The summed E-state index contributed by atoms with van der Waals surface area (Å²) in [5, 5.41) is 17.0. The summed E-state index contributed by atoms with van der Waals surface area (Å²) in [6.07, 6.45) is 1.06. The fourth-order valence-electron chi connectivity index (χ4n) is 1.73. The Hall–Kier alpha value is -2.54. The summed E-state index contributed by atoms with van der Waals surface area (Å²) in [5.74, 6) is -1.86. The van der Waals surface area contributed by atoms with E-state index in [9.17, 15) is 19.2 Å². The molecule has 7 nitrogen and oxygen atoms in total. The highest BCUT2D eigenvalue weighted by Crippen LogP contribution is 2.07. The van der Waals surface area contributed by atoms with Crippen molar-refractivity contribution in [3.05, 3.63) is 35.9 Å². The first kappa shape index (κ1) is 17.5. The topological polar surface area (TPSA) is 112 Å². The van der Waals surface area contributed by atoms with Gasteiger partial charge in [0.2, 0.25) is 0 Å². The van der Waals surface area contributed by atoms with Crippen molar-refractivity contribution < 1.29 is 29.5 Å². The van der Waals surface area contributed by atoms with Crippen LogP contribution in [0.5, 0.6) is 0 Å². The molecule has 0 aromatic heterocycles. The van der Waals surface area contributed by atoms with Crippen LogP contribution in [0.2, 0.25) is 0 Å². The minimum Gasteiger partial charge on any atom is -0.481 e. The molecule has 0 aliphatic carbocycles. The van der Waals surface area contributed by atoms with E-state index in [4.69, 9.17) is 10.3 Å². The summed E-state index contributed by atoms with van der Waals surface area (Å²) < 4.78 is 0. The highest BCUT2D eigenvalue weighted by molar-refractivity contribution is 6.00. The average Bonchev–Trinajstić information content (AvgIpc) is 2.79. The highest BCUT2D eigenvalue weighted by Gasteiger charge is 2.26. The molecule has 0 saturated carbocycles. The minimum absolute atomic E-state index is 0.00634. The molecule has 118 valence electrons. The second-order valence-electron chi connectivity index (χ2n) is 4.64. The van der Waals surface area contributed by atoms with Crippen LogP contribution in [-0.4, -0.2) is 38.9 Å². The van der Waals surface area contributed by atoms with Crippen molar-refractivity contribution in [1.82, 2.24) is 5.06 Å². The zero-order valence-corrected chi connectivity index (χ0v) is 11.9. The van der Waals surface area contributed by atoms with Crippen LogP contribution < -0.4 is 0 Å². The van der Waals surface area contributed by atoms with Crippen molar-refractivity contribution >= 4 is 23.6 Å². The Morgan fingerprint density at radius 2 is 1.55 bits per heavy atom. The summed E-state index contributed by atoms with van der Waals surface area (Å²) in [7, 11) is 0. The molecule has 22 heavy (non-hydrogen) atoms. The molecule has 1 aromatic rings. The van der Waals surface area contributed by atoms with Crippen molar-refractivity contribution in [2.24, 2.45) is 0 Å². The maximum absolute atomic E-state index is 11.4. The molecule has 1 saturated heterocycles. The van der Waals surface area contributed by atoms with Gasteiger partial charge in [0.05, 0.1) is 0 Å². The first-order chi connectivity index (χ1) is 10.4. The molecule has 1 aromatic carbocycles. The lowest BCUT2D eigenvalue weighted by Crippen LogP contribution is -2.24. The molecular weight excluding hydrogens is 290 g/mol. The van der Waals surface area contributed by atoms with Crippen LogP contribution in [0.3, 0.4) is 0 Å². The van der Waals surface area contributed by atoms with Crippen LogP contribution in [-0.2, 0) is 14.4 Å². The van der Waals surface area contributed by atoms with Crippen LogP contribution in [0, 0.1) is 0 Å². The summed E-state index contributed by atoms with van der Waals surface area (Å²) in [6.45, 7) is 0. The predicted molar refractivity (Wildman–Crippen MR) is 75.1 cm³/mol. The van der Waals surface area contributed by atoms with E-state index >= 15 is 0 Å². The Bertz CT molecular complexity index is 538. The van der Waals surface area contributed by atoms with Crippen molar-refractivity contribution in [3.8, 4) is 0 Å². The van der Waals surface area contributed by atoms with Crippen molar-refractivity contribution in [3.63, 3.8) is 0 Å². The number of rotatable bonds is 5. The van der Waals surface area contributed by atoms with Gasteiger partial charge in [-0.25, -0.2) is 0 Å². The number of carbonyl (C=O) groups is 4. The van der Waals surface area contributed by atoms with Gasteiger partial charge in [0.1, 0.15) is 0 Å². The van der Waals surface area contributed by atoms with E-state index in [0.717, 1.165) is 0 Å². The van der Waals surface area contributed by atoms with Crippen LogP contribution in [0.25, 0.3) is 0 Å². The number of nitrogens with zero attached hydrogens (tertiary/aromatic N) is 1. The zero-order valence-electron chi connectivity index (χ0n) is 11.9. The Morgan fingerprint density at radius 3 is 1.95 bits per heavy atom. The number of Topliss-reactive ketones (excluding diaryl/α,β-unsaturated/α-hetero) is 1. The van der Waals surface area contributed by atoms with Gasteiger partial charge >= 0.3 is 5.97 Å². The van der Waals surface area contributed by atoms with E-state index in [1.54, 1.807) is 24.3 Å². The Morgan fingerprint density at radius 1 is 1.00 bits per heavy atom. The molecule has 1 aliphatic heterocycles. The van der Waals surface area contributed by atoms with E-state index in [0.29, 0.717) is 18.4 Å². The predicted octanol–water partition coefficient (Wildman–Crippen LogP) is 1.65. The normalized spacial score (nSPS) is 13.6. The number of carboxylic acids is 1. The summed E-state index contributed by atoms with van der Waals surface area (Å²) in [4.78, 5) is 42.1. The monoisotopic (exact) mass is 307 g/mol. The molecule has 1 fully saturated rings. The number of hydrogen-bond donors (Lipinski definition) is 2. The minimum atomic E-state index is -0.856. The second kappa shape index (κ2) is 8.68.